The average molecular weight is 273 g/mol. The minimum Gasteiger partial charge on any atom is -0.337 e. The monoisotopic (exact) mass is 273 g/mol. The molecule has 0 aliphatic rings. The Morgan fingerprint density at radius 1 is 1.16 bits per heavy atom. The van der Waals surface area contributed by atoms with Crippen molar-refractivity contribution in [2.45, 2.75) is 13.8 Å². The number of para-hydroxylation sites is 1. The number of aryl methyl sites for hydroxylation is 2. The van der Waals surface area contributed by atoms with E-state index < -0.39 is 0 Å². The molecule has 5 heteroatoms. The zero-order valence-corrected chi connectivity index (χ0v) is 11.4. The topological polar surface area (TPSA) is 37.8 Å². The normalized spacial score (nSPS) is 10.9. The molecule has 1 N–H and O–H groups in total. The van der Waals surface area contributed by atoms with E-state index >= 15 is 0 Å². The fraction of sp³-hybridized carbons (Fsp3) is 0.143. The van der Waals surface area contributed by atoms with E-state index in [1.165, 1.54) is 6.07 Å². The lowest BCUT2D eigenvalue weighted by Gasteiger charge is -2.08. The van der Waals surface area contributed by atoms with Gasteiger partial charge in [-0.15, -0.1) is 11.3 Å². The molecule has 3 aromatic rings. The van der Waals surface area contributed by atoms with Crippen molar-refractivity contribution in [1.29, 1.82) is 0 Å². The maximum Gasteiger partial charge on any atom is 0.146 e. The van der Waals surface area contributed by atoms with Crippen LogP contribution in [0.5, 0.6) is 0 Å². The van der Waals surface area contributed by atoms with Crippen molar-refractivity contribution in [3.63, 3.8) is 0 Å². The molecule has 0 bridgehead atoms. The Bertz CT molecular complexity index is 752. The molecule has 0 radical (unpaired) electrons. The molecule has 0 fully saturated rings. The highest BCUT2D eigenvalue weighted by molar-refractivity contribution is 7.18. The molecule has 3 rings (SSSR count). The zero-order chi connectivity index (χ0) is 13.4. The highest BCUT2D eigenvalue weighted by Crippen LogP contribution is 2.30. The van der Waals surface area contributed by atoms with Crippen LogP contribution >= 0.6 is 11.3 Å². The third-order valence-corrected chi connectivity index (χ3v) is 3.70. The number of nitrogens with zero attached hydrogens (tertiary/aromatic N) is 2. The number of aromatic nitrogens is 2. The Morgan fingerprint density at radius 2 is 1.95 bits per heavy atom. The number of anilines is 2. The van der Waals surface area contributed by atoms with Gasteiger partial charge in [0.05, 0.1) is 11.1 Å². The second kappa shape index (κ2) is 4.59. The summed E-state index contributed by atoms with van der Waals surface area (Å²) in [5, 5.41) is 3.98. The van der Waals surface area contributed by atoms with Gasteiger partial charge in [0.1, 0.15) is 22.3 Å². The predicted octanol–water partition coefficient (Wildman–Crippen LogP) is 4.19. The van der Waals surface area contributed by atoms with Crippen LogP contribution in [0.25, 0.3) is 10.2 Å². The van der Waals surface area contributed by atoms with E-state index in [-0.39, 0.29) is 5.82 Å². The fourth-order valence-electron chi connectivity index (χ4n) is 1.93. The molecule has 2 aromatic heterocycles. The van der Waals surface area contributed by atoms with E-state index in [0.717, 1.165) is 15.1 Å². The molecule has 0 spiro atoms. The van der Waals surface area contributed by atoms with Gasteiger partial charge in [-0.3, -0.25) is 0 Å². The Kier molecular flexibility index (Phi) is 2.91. The lowest BCUT2D eigenvalue weighted by molar-refractivity contribution is 0.632. The predicted molar refractivity (Wildman–Crippen MR) is 76.6 cm³/mol. The third kappa shape index (κ3) is 2.29. The molecular weight excluding hydrogens is 261 g/mol. The summed E-state index contributed by atoms with van der Waals surface area (Å²) in [4.78, 5) is 10.8. The molecule has 0 unspecified atom stereocenters. The molecule has 3 nitrogen and oxygen atoms in total. The summed E-state index contributed by atoms with van der Waals surface area (Å²) < 4.78 is 13.7. The Labute approximate surface area is 114 Å². The standard InChI is InChI=1S/C14H12FN3S/c1-8-7-10-13(16-9(2)17-14(10)19-8)18-12-6-4-3-5-11(12)15/h3-7H,1-2H3,(H,16,17,18). The molecule has 96 valence electrons. The number of fused-ring (bicyclic) bond motifs is 1. The van der Waals surface area contributed by atoms with Gasteiger partial charge in [0.25, 0.3) is 0 Å². The van der Waals surface area contributed by atoms with Crippen molar-refractivity contribution >= 4 is 33.1 Å². The molecular formula is C14H12FN3S. The second-order valence-corrected chi connectivity index (χ2v) is 5.53. The number of nitrogens with one attached hydrogen (secondary N) is 1. The molecule has 0 aliphatic heterocycles. The highest BCUT2D eigenvalue weighted by Gasteiger charge is 2.10. The van der Waals surface area contributed by atoms with Crippen LogP contribution in [-0.2, 0) is 0 Å². The van der Waals surface area contributed by atoms with E-state index in [4.69, 9.17) is 0 Å². The van der Waals surface area contributed by atoms with Crippen molar-refractivity contribution in [2.24, 2.45) is 0 Å². The van der Waals surface area contributed by atoms with Gasteiger partial charge in [-0.2, -0.15) is 0 Å². The minimum absolute atomic E-state index is 0.293. The average Bonchev–Trinajstić information content (AvgIpc) is 2.72. The van der Waals surface area contributed by atoms with E-state index in [9.17, 15) is 4.39 Å². The first kappa shape index (κ1) is 12.0. The summed E-state index contributed by atoms with van der Waals surface area (Å²) in [6, 6.07) is 8.58. The molecule has 2 heterocycles. The smallest absolute Gasteiger partial charge is 0.146 e. The summed E-state index contributed by atoms with van der Waals surface area (Å²) >= 11 is 1.61. The van der Waals surface area contributed by atoms with Crippen LogP contribution in [0.1, 0.15) is 10.7 Å². The van der Waals surface area contributed by atoms with Gasteiger partial charge in [-0.1, -0.05) is 12.1 Å². The van der Waals surface area contributed by atoms with Crippen molar-refractivity contribution in [3.05, 3.63) is 46.9 Å². The van der Waals surface area contributed by atoms with Gasteiger partial charge in [-0.05, 0) is 32.0 Å². The Balaban J connectivity index is 2.12. The quantitative estimate of drug-likeness (QED) is 0.760. The molecule has 0 amide bonds. The number of rotatable bonds is 2. The van der Waals surface area contributed by atoms with Gasteiger partial charge in [-0.25, -0.2) is 14.4 Å². The molecule has 0 atom stereocenters. The van der Waals surface area contributed by atoms with Crippen molar-refractivity contribution in [2.75, 3.05) is 5.32 Å². The largest absolute Gasteiger partial charge is 0.337 e. The molecule has 0 saturated heterocycles. The van der Waals surface area contributed by atoms with E-state index in [1.54, 1.807) is 29.5 Å². The third-order valence-electron chi connectivity index (χ3n) is 2.75. The van der Waals surface area contributed by atoms with E-state index in [1.807, 2.05) is 19.9 Å². The summed E-state index contributed by atoms with van der Waals surface area (Å²) in [5.41, 5.74) is 0.422. The van der Waals surface area contributed by atoms with Crippen molar-refractivity contribution in [3.8, 4) is 0 Å². The maximum absolute atomic E-state index is 13.7. The van der Waals surface area contributed by atoms with Crippen LogP contribution in [0.15, 0.2) is 30.3 Å². The SMILES string of the molecule is Cc1nc(Nc2ccccc2F)c2cc(C)sc2n1. The second-order valence-electron chi connectivity index (χ2n) is 4.30. The summed E-state index contributed by atoms with van der Waals surface area (Å²) in [6.07, 6.45) is 0. The van der Waals surface area contributed by atoms with Gasteiger partial charge in [0.2, 0.25) is 0 Å². The summed E-state index contributed by atoms with van der Waals surface area (Å²) in [7, 11) is 0. The number of thiophene rings is 1. The summed E-state index contributed by atoms with van der Waals surface area (Å²) in [5.74, 6) is 1.03. The number of hydrogen-bond donors (Lipinski definition) is 1. The van der Waals surface area contributed by atoms with Crippen LogP contribution < -0.4 is 5.32 Å². The van der Waals surface area contributed by atoms with Gasteiger partial charge < -0.3 is 5.32 Å². The Hall–Kier alpha value is -2.01. The van der Waals surface area contributed by atoms with E-state index in [0.29, 0.717) is 17.3 Å². The van der Waals surface area contributed by atoms with Crippen LogP contribution in [-0.4, -0.2) is 9.97 Å². The first-order valence-corrected chi connectivity index (χ1v) is 6.71. The van der Waals surface area contributed by atoms with Crippen LogP contribution in [0.4, 0.5) is 15.9 Å². The lowest BCUT2D eigenvalue weighted by atomic mass is 10.3. The van der Waals surface area contributed by atoms with Gasteiger partial charge in [0.15, 0.2) is 0 Å². The number of halogens is 1. The van der Waals surface area contributed by atoms with E-state index in [2.05, 4.69) is 15.3 Å². The molecule has 1 aromatic carbocycles. The first-order chi connectivity index (χ1) is 9.13. The van der Waals surface area contributed by atoms with Crippen LogP contribution in [0.2, 0.25) is 0 Å². The molecule has 0 saturated carbocycles. The zero-order valence-electron chi connectivity index (χ0n) is 10.6. The molecule has 0 aliphatic carbocycles. The highest BCUT2D eigenvalue weighted by atomic mass is 32.1. The van der Waals surface area contributed by atoms with Gasteiger partial charge in [0, 0.05) is 4.88 Å². The fourth-order valence-corrected chi connectivity index (χ4v) is 2.86. The first-order valence-electron chi connectivity index (χ1n) is 5.90. The van der Waals surface area contributed by atoms with Crippen molar-refractivity contribution in [1.82, 2.24) is 9.97 Å². The minimum atomic E-state index is -0.293. The van der Waals surface area contributed by atoms with Crippen LogP contribution in [0, 0.1) is 19.7 Å². The number of benzene rings is 1. The number of hydrogen-bond acceptors (Lipinski definition) is 4. The Morgan fingerprint density at radius 3 is 2.74 bits per heavy atom. The van der Waals surface area contributed by atoms with Gasteiger partial charge >= 0.3 is 0 Å². The maximum atomic E-state index is 13.7. The lowest BCUT2D eigenvalue weighted by Crippen LogP contribution is -1.99. The summed E-state index contributed by atoms with van der Waals surface area (Å²) in [6.45, 7) is 3.86. The van der Waals surface area contributed by atoms with Crippen molar-refractivity contribution < 1.29 is 4.39 Å². The van der Waals surface area contributed by atoms with Crippen LogP contribution in [0.3, 0.4) is 0 Å². The molecule has 19 heavy (non-hydrogen) atoms.